The Labute approximate surface area is 140 Å². The number of fused-ring (bicyclic) bond motifs is 2. The average molecular weight is 332 g/mol. The SMILES string of the molecule is Clc1ccc(C2=CC3COCC(C2)N3Cc2ccccc2)s1. The van der Waals surface area contributed by atoms with Crippen LogP contribution in [0.3, 0.4) is 0 Å². The highest BCUT2D eigenvalue weighted by Crippen LogP contribution is 2.37. The van der Waals surface area contributed by atoms with Crippen LogP contribution in [-0.2, 0) is 11.3 Å². The molecule has 1 fully saturated rings. The summed E-state index contributed by atoms with van der Waals surface area (Å²) < 4.78 is 6.65. The minimum absolute atomic E-state index is 0.364. The van der Waals surface area contributed by atoms with Crippen LogP contribution < -0.4 is 0 Å². The molecule has 0 amide bonds. The van der Waals surface area contributed by atoms with Crippen molar-refractivity contribution in [2.75, 3.05) is 13.2 Å². The van der Waals surface area contributed by atoms with Gasteiger partial charge in [-0.15, -0.1) is 11.3 Å². The second kappa shape index (κ2) is 6.17. The van der Waals surface area contributed by atoms with Gasteiger partial charge in [0.25, 0.3) is 0 Å². The van der Waals surface area contributed by atoms with E-state index in [0.717, 1.165) is 30.5 Å². The number of hydrogen-bond donors (Lipinski definition) is 0. The second-order valence-electron chi connectivity index (χ2n) is 5.92. The third-order valence-electron chi connectivity index (χ3n) is 4.44. The highest BCUT2D eigenvalue weighted by atomic mass is 35.5. The Morgan fingerprint density at radius 2 is 2.00 bits per heavy atom. The fraction of sp³-hybridized carbons (Fsp3) is 0.333. The minimum atomic E-state index is 0.364. The Kier molecular flexibility index (Phi) is 4.05. The normalized spacial score (nSPS) is 25.0. The van der Waals surface area contributed by atoms with Crippen molar-refractivity contribution in [3.8, 4) is 0 Å². The van der Waals surface area contributed by atoms with E-state index in [4.69, 9.17) is 16.3 Å². The van der Waals surface area contributed by atoms with Crippen molar-refractivity contribution in [3.63, 3.8) is 0 Å². The molecule has 4 heteroatoms. The summed E-state index contributed by atoms with van der Waals surface area (Å²) in [5, 5.41) is 0. The molecule has 1 saturated heterocycles. The van der Waals surface area contributed by atoms with Crippen molar-refractivity contribution in [3.05, 3.63) is 63.3 Å². The van der Waals surface area contributed by atoms with Crippen LogP contribution in [0.4, 0.5) is 0 Å². The predicted octanol–water partition coefficient (Wildman–Crippen LogP) is 4.46. The molecule has 0 spiro atoms. The number of ether oxygens (including phenoxy) is 1. The molecule has 1 aromatic heterocycles. The van der Waals surface area contributed by atoms with Gasteiger partial charge in [-0.25, -0.2) is 0 Å². The molecule has 0 saturated carbocycles. The van der Waals surface area contributed by atoms with Crippen molar-refractivity contribution in [2.24, 2.45) is 0 Å². The molecule has 2 unspecified atom stereocenters. The summed E-state index contributed by atoms with van der Waals surface area (Å²) in [5.74, 6) is 0. The average Bonchev–Trinajstić information content (AvgIpc) is 2.94. The first-order chi connectivity index (χ1) is 10.8. The number of nitrogens with zero attached hydrogens (tertiary/aromatic N) is 1. The Morgan fingerprint density at radius 1 is 1.14 bits per heavy atom. The maximum atomic E-state index is 6.09. The fourth-order valence-corrected chi connectivity index (χ4v) is 4.45. The zero-order valence-electron chi connectivity index (χ0n) is 12.2. The van der Waals surface area contributed by atoms with Gasteiger partial charge >= 0.3 is 0 Å². The Bertz CT molecular complexity index is 681. The van der Waals surface area contributed by atoms with Crippen LogP contribution in [-0.4, -0.2) is 30.2 Å². The summed E-state index contributed by atoms with van der Waals surface area (Å²) in [4.78, 5) is 3.89. The summed E-state index contributed by atoms with van der Waals surface area (Å²) >= 11 is 7.77. The van der Waals surface area contributed by atoms with Crippen LogP contribution in [0.1, 0.15) is 16.9 Å². The molecule has 2 atom stereocenters. The van der Waals surface area contributed by atoms with Crippen LogP contribution in [0.15, 0.2) is 48.5 Å². The largest absolute Gasteiger partial charge is 0.378 e. The molecule has 2 bridgehead atoms. The Morgan fingerprint density at radius 3 is 2.73 bits per heavy atom. The van der Waals surface area contributed by atoms with Crippen LogP contribution in [0.25, 0.3) is 5.57 Å². The smallest absolute Gasteiger partial charge is 0.0934 e. The van der Waals surface area contributed by atoms with E-state index in [1.54, 1.807) is 11.3 Å². The molecule has 1 aromatic carbocycles. The summed E-state index contributed by atoms with van der Waals surface area (Å²) in [5.41, 5.74) is 2.80. The first kappa shape index (κ1) is 14.5. The Hall–Kier alpha value is -1.13. The third-order valence-corrected chi connectivity index (χ3v) is 5.75. The van der Waals surface area contributed by atoms with Crippen LogP contribution >= 0.6 is 22.9 Å². The van der Waals surface area contributed by atoms with E-state index >= 15 is 0 Å². The van der Waals surface area contributed by atoms with Crippen LogP contribution in [0.2, 0.25) is 4.34 Å². The zero-order chi connectivity index (χ0) is 14.9. The monoisotopic (exact) mass is 331 g/mol. The van der Waals surface area contributed by atoms with Gasteiger partial charge in [-0.05, 0) is 29.7 Å². The number of thiophene rings is 1. The number of rotatable bonds is 3. The lowest BCUT2D eigenvalue weighted by molar-refractivity contribution is -0.0402. The highest BCUT2D eigenvalue weighted by Gasteiger charge is 2.35. The van der Waals surface area contributed by atoms with Crippen molar-refractivity contribution in [1.29, 1.82) is 0 Å². The van der Waals surface area contributed by atoms with Gasteiger partial charge in [0.1, 0.15) is 0 Å². The van der Waals surface area contributed by atoms with E-state index in [1.165, 1.54) is 16.0 Å². The molecule has 0 aliphatic carbocycles. The Balaban J connectivity index is 1.59. The third kappa shape index (κ3) is 2.86. The van der Waals surface area contributed by atoms with Gasteiger partial charge in [-0.2, -0.15) is 0 Å². The summed E-state index contributed by atoms with van der Waals surface area (Å²) in [6, 6.07) is 15.7. The van der Waals surface area contributed by atoms with Crippen molar-refractivity contribution in [2.45, 2.75) is 25.0 Å². The molecule has 0 radical (unpaired) electrons. The number of morpholine rings is 1. The van der Waals surface area contributed by atoms with Crippen LogP contribution in [0, 0.1) is 0 Å². The standard InChI is InChI=1S/C18H18ClNOS/c19-18-7-6-17(22-18)14-8-15-11-21-12-16(9-14)20(15)10-13-4-2-1-3-5-13/h1-8,15-16H,9-12H2. The summed E-state index contributed by atoms with van der Waals surface area (Å²) in [6.45, 7) is 2.60. The number of benzene rings is 1. The molecule has 4 rings (SSSR count). The second-order valence-corrected chi connectivity index (χ2v) is 7.63. The topological polar surface area (TPSA) is 12.5 Å². The predicted molar refractivity (Wildman–Crippen MR) is 92.3 cm³/mol. The van der Waals surface area contributed by atoms with Gasteiger partial charge in [0.15, 0.2) is 0 Å². The van der Waals surface area contributed by atoms with Gasteiger partial charge in [0, 0.05) is 17.5 Å². The maximum absolute atomic E-state index is 6.09. The van der Waals surface area contributed by atoms with Crippen molar-refractivity contribution >= 4 is 28.5 Å². The summed E-state index contributed by atoms with van der Waals surface area (Å²) in [7, 11) is 0. The number of halogens is 1. The molecule has 2 aliphatic rings. The molecular weight excluding hydrogens is 314 g/mol. The summed E-state index contributed by atoms with van der Waals surface area (Å²) in [6.07, 6.45) is 3.42. The van der Waals surface area contributed by atoms with Crippen molar-refractivity contribution in [1.82, 2.24) is 4.90 Å². The highest BCUT2D eigenvalue weighted by molar-refractivity contribution is 7.17. The number of hydrogen-bond acceptors (Lipinski definition) is 3. The first-order valence-electron chi connectivity index (χ1n) is 7.63. The minimum Gasteiger partial charge on any atom is -0.378 e. The van der Waals surface area contributed by atoms with Gasteiger partial charge in [-0.3, -0.25) is 4.90 Å². The molecule has 3 heterocycles. The first-order valence-corrected chi connectivity index (χ1v) is 8.83. The quantitative estimate of drug-likeness (QED) is 0.823. The van der Waals surface area contributed by atoms with Gasteiger partial charge < -0.3 is 4.74 Å². The van der Waals surface area contributed by atoms with E-state index < -0.39 is 0 Å². The lowest BCUT2D eigenvalue weighted by atomic mass is 9.92. The fourth-order valence-electron chi connectivity index (χ4n) is 3.37. The van der Waals surface area contributed by atoms with Crippen LogP contribution in [0.5, 0.6) is 0 Å². The zero-order valence-corrected chi connectivity index (χ0v) is 13.8. The van der Waals surface area contributed by atoms with E-state index in [0.29, 0.717) is 12.1 Å². The molecule has 2 aromatic rings. The van der Waals surface area contributed by atoms with E-state index in [2.05, 4.69) is 47.4 Å². The van der Waals surface area contributed by atoms with Gasteiger partial charge in [0.2, 0.25) is 0 Å². The molecule has 114 valence electrons. The molecule has 22 heavy (non-hydrogen) atoms. The van der Waals surface area contributed by atoms with Gasteiger partial charge in [-0.1, -0.05) is 48.0 Å². The molecule has 2 aliphatic heterocycles. The van der Waals surface area contributed by atoms with E-state index in [1.807, 2.05) is 6.07 Å². The lowest BCUT2D eigenvalue weighted by Crippen LogP contribution is -2.53. The maximum Gasteiger partial charge on any atom is 0.0934 e. The lowest BCUT2D eigenvalue weighted by Gasteiger charge is -2.44. The van der Waals surface area contributed by atoms with E-state index in [-0.39, 0.29) is 0 Å². The van der Waals surface area contributed by atoms with Gasteiger partial charge in [0.05, 0.1) is 23.6 Å². The molecule has 2 nitrogen and oxygen atoms in total. The van der Waals surface area contributed by atoms with Crippen molar-refractivity contribution < 1.29 is 4.74 Å². The molecular formula is C18H18ClNOS. The van der Waals surface area contributed by atoms with E-state index in [9.17, 15) is 0 Å². The molecule has 0 N–H and O–H groups in total.